The van der Waals surface area contributed by atoms with Crippen LogP contribution >= 0.6 is 0 Å². The van der Waals surface area contributed by atoms with Crippen LogP contribution < -0.4 is 0 Å². The number of hydrogen-bond acceptors (Lipinski definition) is 1. The van der Waals surface area contributed by atoms with E-state index in [0.29, 0.717) is 0 Å². The third-order valence-corrected chi connectivity index (χ3v) is 3.26. The first kappa shape index (κ1) is 13.2. The monoisotopic (exact) mass is 272 g/mol. The van der Waals surface area contributed by atoms with E-state index in [0.717, 1.165) is 0 Å². The molecule has 0 unspecified atom stereocenters. The van der Waals surface area contributed by atoms with Crippen LogP contribution in [0.1, 0.15) is 0 Å². The maximum absolute atomic E-state index is 4.77. The second-order valence-corrected chi connectivity index (χ2v) is 4.72. The minimum absolute atomic E-state index is 1.31. The lowest BCUT2D eigenvalue weighted by Crippen LogP contribution is -1.74. The standard InChI is InChI=1S/C14H10.C6H6O/c1-2-6-12-10-14-8-4-3-7-13(14)9-11(12)5-1;1-2-4-6-7-5-3-1/h1-10H;1-6H. The Kier molecular flexibility index (Phi) is 4.13. The van der Waals surface area contributed by atoms with Crippen molar-refractivity contribution in [1.29, 1.82) is 0 Å². The highest BCUT2D eigenvalue weighted by Gasteiger charge is 1.95. The summed E-state index contributed by atoms with van der Waals surface area (Å²) < 4.78 is 4.77. The molecule has 0 amide bonds. The van der Waals surface area contributed by atoms with E-state index in [2.05, 4.69) is 60.7 Å². The fourth-order valence-electron chi connectivity index (χ4n) is 2.24. The molecular formula is C20H16O. The van der Waals surface area contributed by atoms with Crippen LogP contribution in [0.5, 0.6) is 0 Å². The predicted octanol–water partition coefficient (Wildman–Crippen LogP) is 5.59. The Morgan fingerprint density at radius 3 is 1.24 bits per heavy atom. The number of allylic oxidation sites excluding steroid dienone is 4. The lowest BCUT2D eigenvalue weighted by molar-refractivity contribution is 0.404. The van der Waals surface area contributed by atoms with Crippen LogP contribution in [0.4, 0.5) is 0 Å². The predicted molar refractivity (Wildman–Crippen MR) is 90.0 cm³/mol. The van der Waals surface area contributed by atoms with Crippen LogP contribution in [-0.4, -0.2) is 0 Å². The minimum atomic E-state index is 1.31. The van der Waals surface area contributed by atoms with Gasteiger partial charge in [0.2, 0.25) is 0 Å². The van der Waals surface area contributed by atoms with Gasteiger partial charge in [-0.3, -0.25) is 0 Å². The molecule has 1 heterocycles. The van der Waals surface area contributed by atoms with Crippen molar-refractivity contribution >= 4 is 21.5 Å². The van der Waals surface area contributed by atoms with Gasteiger partial charge in [0.15, 0.2) is 0 Å². The summed E-state index contributed by atoms with van der Waals surface area (Å²) in [6.45, 7) is 0. The average Bonchev–Trinajstić information content (AvgIpc) is 2.86. The highest BCUT2D eigenvalue weighted by molar-refractivity contribution is 5.98. The summed E-state index contributed by atoms with van der Waals surface area (Å²) in [6, 6.07) is 21.4. The number of fused-ring (bicyclic) bond motifs is 2. The molecule has 102 valence electrons. The van der Waals surface area contributed by atoms with Gasteiger partial charge in [0.05, 0.1) is 12.5 Å². The summed E-state index contributed by atoms with van der Waals surface area (Å²) >= 11 is 0. The molecule has 3 aromatic carbocycles. The van der Waals surface area contributed by atoms with Crippen LogP contribution in [0, 0.1) is 0 Å². The maximum Gasteiger partial charge on any atom is 0.0901 e. The van der Waals surface area contributed by atoms with E-state index in [-0.39, 0.29) is 0 Å². The van der Waals surface area contributed by atoms with E-state index in [1.165, 1.54) is 21.5 Å². The molecule has 4 rings (SSSR count). The van der Waals surface area contributed by atoms with Gasteiger partial charge in [-0.05, 0) is 45.8 Å². The van der Waals surface area contributed by atoms with E-state index < -0.39 is 0 Å². The Morgan fingerprint density at radius 2 is 0.857 bits per heavy atom. The number of ether oxygens (including phenoxy) is 1. The number of rotatable bonds is 0. The van der Waals surface area contributed by atoms with Crippen molar-refractivity contribution in [1.82, 2.24) is 0 Å². The normalized spacial score (nSPS) is 12.6. The Balaban J connectivity index is 0.000000160. The van der Waals surface area contributed by atoms with E-state index in [1.807, 2.05) is 24.3 Å². The lowest BCUT2D eigenvalue weighted by Gasteiger charge is -2.00. The molecule has 0 bridgehead atoms. The quantitative estimate of drug-likeness (QED) is 0.484. The second-order valence-electron chi connectivity index (χ2n) is 4.72. The van der Waals surface area contributed by atoms with Crippen LogP contribution in [0.15, 0.2) is 97.5 Å². The van der Waals surface area contributed by atoms with E-state index in [9.17, 15) is 0 Å². The molecule has 0 aliphatic carbocycles. The van der Waals surface area contributed by atoms with Crippen molar-refractivity contribution in [2.75, 3.05) is 0 Å². The molecule has 21 heavy (non-hydrogen) atoms. The smallest absolute Gasteiger partial charge is 0.0901 e. The zero-order valence-electron chi connectivity index (χ0n) is 11.6. The fourth-order valence-corrected chi connectivity index (χ4v) is 2.24. The molecule has 0 aromatic heterocycles. The molecular weight excluding hydrogens is 256 g/mol. The van der Waals surface area contributed by atoms with Crippen molar-refractivity contribution in [2.24, 2.45) is 0 Å². The molecule has 3 aromatic rings. The van der Waals surface area contributed by atoms with E-state index >= 15 is 0 Å². The van der Waals surface area contributed by atoms with Crippen molar-refractivity contribution in [3.8, 4) is 0 Å². The third-order valence-electron chi connectivity index (χ3n) is 3.26. The Hall–Kier alpha value is -2.80. The van der Waals surface area contributed by atoms with Gasteiger partial charge < -0.3 is 4.74 Å². The Bertz CT molecular complexity index is 706. The van der Waals surface area contributed by atoms with Gasteiger partial charge in [-0.25, -0.2) is 0 Å². The topological polar surface area (TPSA) is 9.23 Å². The zero-order chi connectivity index (χ0) is 14.3. The highest BCUT2D eigenvalue weighted by atomic mass is 16.5. The van der Waals surface area contributed by atoms with Gasteiger partial charge in [-0.15, -0.1) is 0 Å². The average molecular weight is 272 g/mol. The molecule has 0 N–H and O–H groups in total. The van der Waals surface area contributed by atoms with Gasteiger partial charge >= 0.3 is 0 Å². The summed E-state index contributed by atoms with van der Waals surface area (Å²) in [6.07, 6.45) is 10.7. The minimum Gasteiger partial charge on any atom is -0.473 e. The first-order valence-electron chi connectivity index (χ1n) is 6.95. The largest absolute Gasteiger partial charge is 0.473 e. The van der Waals surface area contributed by atoms with Crippen molar-refractivity contribution in [3.05, 3.63) is 97.5 Å². The fraction of sp³-hybridized carbons (Fsp3) is 0. The summed E-state index contributed by atoms with van der Waals surface area (Å²) in [7, 11) is 0. The van der Waals surface area contributed by atoms with Gasteiger partial charge in [-0.1, -0.05) is 60.7 Å². The molecule has 1 aliphatic heterocycles. The summed E-state index contributed by atoms with van der Waals surface area (Å²) in [5.41, 5.74) is 0. The molecule has 0 saturated carbocycles. The van der Waals surface area contributed by atoms with Crippen LogP contribution in [0.2, 0.25) is 0 Å². The first-order valence-corrected chi connectivity index (χ1v) is 6.95. The maximum atomic E-state index is 4.77. The van der Waals surface area contributed by atoms with E-state index in [4.69, 9.17) is 4.74 Å². The number of benzene rings is 3. The van der Waals surface area contributed by atoms with Crippen LogP contribution in [0.3, 0.4) is 0 Å². The van der Waals surface area contributed by atoms with Gasteiger partial charge in [0, 0.05) is 0 Å². The SMILES string of the molecule is C1=CC=COC=C1.c1ccc2cc3ccccc3cc2c1. The lowest BCUT2D eigenvalue weighted by atomic mass is 10.0. The molecule has 0 fully saturated rings. The van der Waals surface area contributed by atoms with E-state index in [1.54, 1.807) is 12.5 Å². The number of hydrogen-bond donors (Lipinski definition) is 0. The van der Waals surface area contributed by atoms with Crippen molar-refractivity contribution in [3.63, 3.8) is 0 Å². The highest BCUT2D eigenvalue weighted by Crippen LogP contribution is 2.21. The van der Waals surface area contributed by atoms with Crippen LogP contribution in [0.25, 0.3) is 21.5 Å². The Labute approximate surface area is 124 Å². The molecule has 1 aliphatic rings. The summed E-state index contributed by atoms with van der Waals surface area (Å²) in [5, 5.41) is 5.25. The Morgan fingerprint density at radius 1 is 0.476 bits per heavy atom. The van der Waals surface area contributed by atoms with Gasteiger partial charge in [-0.2, -0.15) is 0 Å². The van der Waals surface area contributed by atoms with Crippen molar-refractivity contribution in [2.45, 2.75) is 0 Å². The molecule has 0 atom stereocenters. The first-order chi connectivity index (χ1) is 10.4. The summed E-state index contributed by atoms with van der Waals surface area (Å²) in [5.74, 6) is 0. The molecule has 0 spiro atoms. The van der Waals surface area contributed by atoms with Gasteiger partial charge in [0.25, 0.3) is 0 Å². The van der Waals surface area contributed by atoms with Gasteiger partial charge in [0.1, 0.15) is 0 Å². The molecule has 0 saturated heterocycles. The summed E-state index contributed by atoms with van der Waals surface area (Å²) in [4.78, 5) is 0. The molecule has 1 heteroatoms. The zero-order valence-corrected chi connectivity index (χ0v) is 11.6. The molecule has 1 nitrogen and oxygen atoms in total. The van der Waals surface area contributed by atoms with Crippen molar-refractivity contribution < 1.29 is 4.74 Å². The molecule has 0 radical (unpaired) electrons. The van der Waals surface area contributed by atoms with Crippen LogP contribution in [-0.2, 0) is 4.74 Å². The second kappa shape index (κ2) is 6.58. The third kappa shape index (κ3) is 3.40.